The summed E-state index contributed by atoms with van der Waals surface area (Å²) in [5.74, 6) is -0.724. The number of nitriles is 1. The van der Waals surface area contributed by atoms with Gasteiger partial charge in [0.25, 0.3) is 5.69 Å². The van der Waals surface area contributed by atoms with E-state index in [-0.39, 0.29) is 16.8 Å². The lowest BCUT2D eigenvalue weighted by Gasteiger charge is -2.03. The molecule has 5 nitrogen and oxygen atoms in total. The van der Waals surface area contributed by atoms with Crippen LogP contribution >= 0.6 is 0 Å². The molecule has 0 saturated heterocycles. The van der Waals surface area contributed by atoms with Gasteiger partial charge in [-0.2, -0.15) is 5.26 Å². The monoisotopic (exact) mass is 221 g/mol. The third kappa shape index (κ3) is 2.15. The highest BCUT2D eigenvalue weighted by atomic mass is 19.1. The van der Waals surface area contributed by atoms with Gasteiger partial charge in [0.15, 0.2) is 0 Å². The zero-order chi connectivity index (χ0) is 12.3. The lowest BCUT2D eigenvalue weighted by atomic mass is 10.1. The van der Waals surface area contributed by atoms with E-state index in [1.807, 2.05) is 0 Å². The molecule has 0 aliphatic heterocycles. The molecule has 0 fully saturated rings. The maximum Gasteiger partial charge on any atom is 0.281 e. The number of hydrogen-bond acceptors (Lipinski definition) is 4. The summed E-state index contributed by atoms with van der Waals surface area (Å²) in [6.07, 6.45) is 0. The first-order valence-corrected chi connectivity index (χ1v) is 4.28. The number of nitro groups is 1. The minimum atomic E-state index is -0.740. The molecule has 16 heavy (non-hydrogen) atoms. The summed E-state index contributed by atoms with van der Waals surface area (Å²) in [4.78, 5) is 9.93. The summed E-state index contributed by atoms with van der Waals surface area (Å²) < 4.78 is 12.8. The Labute approximate surface area is 90.8 Å². The van der Waals surface area contributed by atoms with Crippen LogP contribution in [0, 0.1) is 27.3 Å². The third-order valence-corrected chi connectivity index (χ3v) is 2.02. The minimum absolute atomic E-state index is 0.0193. The van der Waals surface area contributed by atoms with Crippen molar-refractivity contribution in [2.24, 2.45) is 5.73 Å². The molecule has 1 aromatic rings. The van der Waals surface area contributed by atoms with Crippen molar-refractivity contribution >= 4 is 11.4 Å². The minimum Gasteiger partial charge on any atom is -0.397 e. The molecule has 0 amide bonds. The van der Waals surface area contributed by atoms with Crippen molar-refractivity contribution < 1.29 is 9.31 Å². The van der Waals surface area contributed by atoms with Crippen LogP contribution < -0.4 is 5.73 Å². The zero-order valence-electron chi connectivity index (χ0n) is 8.40. The van der Waals surface area contributed by atoms with E-state index in [1.165, 1.54) is 13.0 Å². The highest BCUT2D eigenvalue weighted by Crippen LogP contribution is 2.25. The second-order valence-electron chi connectivity index (χ2n) is 3.07. The number of benzene rings is 1. The summed E-state index contributed by atoms with van der Waals surface area (Å²) in [7, 11) is 0. The quantitative estimate of drug-likeness (QED) is 0.469. The highest BCUT2D eigenvalue weighted by Gasteiger charge is 2.17. The largest absolute Gasteiger partial charge is 0.397 e. The van der Waals surface area contributed by atoms with Crippen molar-refractivity contribution in [3.8, 4) is 6.07 Å². The van der Waals surface area contributed by atoms with Gasteiger partial charge in [-0.15, -0.1) is 0 Å². The molecule has 82 valence electrons. The molecular weight excluding hydrogens is 213 g/mol. The van der Waals surface area contributed by atoms with E-state index in [1.54, 1.807) is 6.07 Å². The van der Waals surface area contributed by atoms with Crippen LogP contribution in [0.5, 0.6) is 0 Å². The van der Waals surface area contributed by atoms with Crippen LogP contribution in [0.25, 0.3) is 5.70 Å². The summed E-state index contributed by atoms with van der Waals surface area (Å²) >= 11 is 0. The smallest absolute Gasteiger partial charge is 0.281 e. The second kappa shape index (κ2) is 4.40. The topological polar surface area (TPSA) is 93.0 Å². The average Bonchev–Trinajstić information content (AvgIpc) is 2.26. The van der Waals surface area contributed by atoms with Crippen LogP contribution in [-0.4, -0.2) is 4.92 Å². The third-order valence-electron chi connectivity index (χ3n) is 2.02. The van der Waals surface area contributed by atoms with Crippen molar-refractivity contribution in [2.45, 2.75) is 6.92 Å². The number of rotatable bonds is 2. The second-order valence-corrected chi connectivity index (χ2v) is 3.07. The predicted octanol–water partition coefficient (Wildman–Crippen LogP) is 1.95. The highest BCUT2D eigenvalue weighted by molar-refractivity contribution is 5.74. The van der Waals surface area contributed by atoms with Crippen LogP contribution in [0.4, 0.5) is 10.1 Å². The van der Waals surface area contributed by atoms with Gasteiger partial charge in [-0.3, -0.25) is 10.1 Å². The van der Waals surface area contributed by atoms with Crippen LogP contribution in [0.2, 0.25) is 0 Å². The van der Waals surface area contributed by atoms with Crippen LogP contribution in [0.15, 0.2) is 23.8 Å². The fourth-order valence-corrected chi connectivity index (χ4v) is 1.15. The molecular formula is C10H8FN3O2. The lowest BCUT2D eigenvalue weighted by molar-refractivity contribution is -0.385. The normalized spacial score (nSPS) is 11.6. The van der Waals surface area contributed by atoms with Gasteiger partial charge in [0, 0.05) is 0 Å². The van der Waals surface area contributed by atoms with Crippen LogP contribution in [-0.2, 0) is 0 Å². The molecule has 0 unspecified atom stereocenters. The van der Waals surface area contributed by atoms with E-state index in [0.29, 0.717) is 0 Å². The van der Waals surface area contributed by atoms with Gasteiger partial charge in [0.1, 0.15) is 5.82 Å². The van der Waals surface area contributed by atoms with Gasteiger partial charge < -0.3 is 5.73 Å². The van der Waals surface area contributed by atoms with E-state index in [0.717, 1.165) is 12.1 Å². The zero-order valence-corrected chi connectivity index (χ0v) is 8.40. The summed E-state index contributed by atoms with van der Waals surface area (Å²) in [6, 6.07) is 4.79. The van der Waals surface area contributed by atoms with Gasteiger partial charge in [-0.05, 0) is 19.1 Å². The molecule has 0 aliphatic rings. The van der Waals surface area contributed by atoms with Crippen molar-refractivity contribution in [3.63, 3.8) is 0 Å². The molecule has 0 saturated carbocycles. The fourth-order valence-electron chi connectivity index (χ4n) is 1.15. The molecule has 0 spiro atoms. The fraction of sp³-hybridized carbons (Fsp3) is 0.100. The van der Waals surface area contributed by atoms with E-state index in [9.17, 15) is 14.5 Å². The first-order valence-electron chi connectivity index (χ1n) is 4.28. The predicted molar refractivity (Wildman–Crippen MR) is 55.4 cm³/mol. The number of halogens is 1. The molecule has 0 aliphatic carbocycles. The number of hydrogen-bond donors (Lipinski definition) is 1. The van der Waals surface area contributed by atoms with Crippen LogP contribution in [0.1, 0.15) is 12.5 Å². The van der Waals surface area contributed by atoms with Gasteiger partial charge >= 0.3 is 0 Å². The molecule has 1 aromatic carbocycles. The Bertz CT molecular complexity index is 517. The number of nitrogens with two attached hydrogens (primary N) is 1. The lowest BCUT2D eigenvalue weighted by Crippen LogP contribution is -2.03. The van der Waals surface area contributed by atoms with Gasteiger partial charge in [0.2, 0.25) is 0 Å². The van der Waals surface area contributed by atoms with Crippen molar-refractivity contribution in [1.82, 2.24) is 0 Å². The molecule has 0 radical (unpaired) electrons. The van der Waals surface area contributed by atoms with E-state index in [2.05, 4.69) is 0 Å². The SMILES string of the molecule is C/C(C#N)=C(/N)c1ccc(F)cc1[N+](=O)[O-]. The molecule has 0 atom stereocenters. The van der Waals surface area contributed by atoms with Crippen molar-refractivity contribution in [1.29, 1.82) is 5.26 Å². The Hall–Kier alpha value is -2.42. The van der Waals surface area contributed by atoms with E-state index >= 15 is 0 Å². The number of allylic oxidation sites excluding steroid dienone is 1. The Kier molecular flexibility index (Phi) is 3.20. The van der Waals surface area contributed by atoms with E-state index < -0.39 is 16.4 Å². The Morgan fingerprint density at radius 2 is 2.25 bits per heavy atom. The molecule has 6 heteroatoms. The van der Waals surface area contributed by atoms with E-state index in [4.69, 9.17) is 11.0 Å². The van der Waals surface area contributed by atoms with Gasteiger partial charge in [-0.1, -0.05) is 0 Å². The maximum absolute atomic E-state index is 12.8. The van der Waals surface area contributed by atoms with Gasteiger partial charge in [0.05, 0.1) is 33.9 Å². The molecule has 2 N–H and O–H groups in total. The standard InChI is InChI=1S/C10H8FN3O2/c1-6(5-12)10(13)8-3-2-7(11)4-9(8)14(15)16/h2-4H,13H2,1H3/b10-6-. The Balaban J connectivity index is 3.47. The summed E-state index contributed by atoms with van der Waals surface area (Å²) in [5, 5.41) is 19.3. The van der Waals surface area contributed by atoms with Gasteiger partial charge in [-0.25, -0.2) is 4.39 Å². The first kappa shape index (κ1) is 11.7. The number of nitro benzene ring substituents is 1. The molecule has 0 aromatic heterocycles. The van der Waals surface area contributed by atoms with Crippen molar-refractivity contribution in [2.75, 3.05) is 0 Å². The maximum atomic E-state index is 12.8. The molecule has 1 rings (SSSR count). The van der Waals surface area contributed by atoms with Crippen molar-refractivity contribution in [3.05, 3.63) is 45.3 Å². The van der Waals surface area contributed by atoms with Crippen LogP contribution in [0.3, 0.4) is 0 Å². The molecule has 0 bridgehead atoms. The first-order chi connectivity index (χ1) is 7.47. The summed E-state index contributed by atoms with van der Waals surface area (Å²) in [6.45, 7) is 1.43. The average molecular weight is 221 g/mol. The number of nitrogens with zero attached hydrogens (tertiary/aromatic N) is 2. The summed E-state index contributed by atoms with van der Waals surface area (Å²) in [5.41, 5.74) is 5.29. The Morgan fingerprint density at radius 3 is 2.75 bits per heavy atom. The molecule has 0 heterocycles. The Morgan fingerprint density at radius 1 is 1.62 bits per heavy atom.